The van der Waals surface area contributed by atoms with Crippen molar-refractivity contribution < 1.29 is 23.0 Å². The minimum atomic E-state index is -1.09. The summed E-state index contributed by atoms with van der Waals surface area (Å²) in [5.74, 6) is -1.99. The molecule has 2 N–H and O–H groups in total. The number of anilines is 1. The Morgan fingerprint density at radius 3 is 2.76 bits per heavy atom. The average Bonchev–Trinajstić information content (AvgIpc) is 3.22. The van der Waals surface area contributed by atoms with E-state index in [1.165, 1.54) is 6.07 Å². The first-order valence-electron chi connectivity index (χ1n) is 9.30. The molecule has 29 heavy (non-hydrogen) atoms. The Morgan fingerprint density at radius 2 is 2.07 bits per heavy atom. The molecule has 1 amide bonds. The predicted molar refractivity (Wildman–Crippen MR) is 106 cm³/mol. The van der Waals surface area contributed by atoms with Gasteiger partial charge in [-0.05, 0) is 55.7 Å². The lowest BCUT2D eigenvalue weighted by molar-refractivity contribution is 0.0975. The topological polar surface area (TPSA) is 71.9 Å². The van der Waals surface area contributed by atoms with Crippen LogP contribution in [-0.4, -0.2) is 38.2 Å². The fourth-order valence-corrected chi connectivity index (χ4v) is 2.96. The van der Waals surface area contributed by atoms with Gasteiger partial charge in [0.05, 0.1) is 25.4 Å². The second-order valence-electron chi connectivity index (χ2n) is 6.74. The van der Waals surface area contributed by atoms with Gasteiger partial charge in [-0.25, -0.2) is 13.8 Å². The van der Waals surface area contributed by atoms with Gasteiger partial charge in [-0.1, -0.05) is 6.07 Å². The van der Waals surface area contributed by atoms with Crippen LogP contribution >= 0.6 is 0 Å². The summed E-state index contributed by atoms with van der Waals surface area (Å²) < 4.78 is 37.6. The maximum absolute atomic E-state index is 13.5. The van der Waals surface area contributed by atoms with Gasteiger partial charge >= 0.3 is 0 Å². The molecule has 0 aliphatic carbocycles. The Labute approximate surface area is 167 Å². The number of methoxy groups -OCH3 is 1. The number of halogens is 2. The van der Waals surface area contributed by atoms with E-state index in [2.05, 4.69) is 15.6 Å². The highest BCUT2D eigenvalue weighted by Gasteiger charge is 2.17. The zero-order valence-electron chi connectivity index (χ0n) is 16.3. The number of carbonyl (C=O) groups is 1. The number of amides is 1. The summed E-state index contributed by atoms with van der Waals surface area (Å²) in [6, 6.07) is 8.50. The molecule has 0 unspecified atom stereocenters. The number of guanidine groups is 1. The third-order valence-corrected chi connectivity index (χ3v) is 4.50. The first-order chi connectivity index (χ1) is 14.0. The zero-order valence-corrected chi connectivity index (χ0v) is 16.3. The van der Waals surface area contributed by atoms with Crippen molar-refractivity contribution in [2.24, 2.45) is 4.99 Å². The number of nitrogens with zero attached hydrogens (tertiary/aromatic N) is 1. The number of aliphatic imine (C=N–C) groups is 1. The summed E-state index contributed by atoms with van der Waals surface area (Å²) in [4.78, 5) is 17.0. The number of benzene rings is 2. The average molecular weight is 403 g/mol. The SMILES string of the molecule is COc1ccc(C)cc1NC(=NC[C@@H]1CCCO1)NC(=O)c1ccc(F)c(F)c1. The van der Waals surface area contributed by atoms with Gasteiger partial charge in [0.1, 0.15) is 5.75 Å². The van der Waals surface area contributed by atoms with E-state index in [-0.39, 0.29) is 17.6 Å². The molecule has 0 radical (unpaired) electrons. The third-order valence-electron chi connectivity index (χ3n) is 4.50. The second-order valence-corrected chi connectivity index (χ2v) is 6.74. The Hall–Kier alpha value is -3.00. The zero-order chi connectivity index (χ0) is 20.8. The molecule has 1 saturated heterocycles. The Bertz CT molecular complexity index is 912. The molecule has 0 bridgehead atoms. The standard InChI is InChI=1S/C21H23F2N3O3/c1-13-5-8-19(28-2)18(10-13)25-21(24-12-15-4-3-9-29-15)26-20(27)14-6-7-16(22)17(23)11-14/h5-8,10-11,15H,3-4,9,12H2,1-2H3,(H2,24,25,26,27)/t15-/m0/s1. The first-order valence-corrected chi connectivity index (χ1v) is 9.30. The second kappa shape index (κ2) is 9.47. The molecule has 2 aromatic rings. The minimum Gasteiger partial charge on any atom is -0.495 e. The predicted octanol–water partition coefficient (Wildman–Crippen LogP) is 3.66. The Kier molecular flexibility index (Phi) is 6.77. The van der Waals surface area contributed by atoms with E-state index in [0.717, 1.165) is 30.5 Å². The fourth-order valence-electron chi connectivity index (χ4n) is 2.96. The van der Waals surface area contributed by atoms with E-state index in [0.29, 0.717) is 24.6 Å². The molecule has 8 heteroatoms. The molecule has 1 heterocycles. The highest BCUT2D eigenvalue weighted by Crippen LogP contribution is 2.25. The molecule has 1 fully saturated rings. The minimum absolute atomic E-state index is 0.0216. The number of rotatable bonds is 5. The van der Waals surface area contributed by atoms with Crippen LogP contribution in [0, 0.1) is 18.6 Å². The number of hydrogen-bond donors (Lipinski definition) is 2. The molecule has 1 aliphatic rings. The number of carbonyl (C=O) groups excluding carboxylic acids is 1. The lowest BCUT2D eigenvalue weighted by Gasteiger charge is -2.16. The van der Waals surface area contributed by atoms with E-state index in [1.54, 1.807) is 13.2 Å². The van der Waals surface area contributed by atoms with E-state index in [9.17, 15) is 13.6 Å². The Balaban J connectivity index is 1.82. The van der Waals surface area contributed by atoms with Crippen molar-refractivity contribution in [3.63, 3.8) is 0 Å². The lowest BCUT2D eigenvalue weighted by Crippen LogP contribution is -2.37. The van der Waals surface area contributed by atoms with Crippen LogP contribution in [0.3, 0.4) is 0 Å². The van der Waals surface area contributed by atoms with Crippen molar-refractivity contribution >= 4 is 17.6 Å². The molecule has 0 aromatic heterocycles. The summed E-state index contributed by atoms with van der Waals surface area (Å²) >= 11 is 0. The van der Waals surface area contributed by atoms with Crippen LogP contribution in [0.5, 0.6) is 5.75 Å². The van der Waals surface area contributed by atoms with Crippen LogP contribution in [0.25, 0.3) is 0 Å². The monoisotopic (exact) mass is 403 g/mol. The summed E-state index contributed by atoms with van der Waals surface area (Å²) in [5.41, 5.74) is 1.58. The molecule has 6 nitrogen and oxygen atoms in total. The van der Waals surface area contributed by atoms with Gasteiger partial charge in [0.2, 0.25) is 5.96 Å². The summed E-state index contributed by atoms with van der Waals surface area (Å²) in [7, 11) is 1.54. The third kappa shape index (κ3) is 5.51. The molecule has 0 saturated carbocycles. The molecular formula is C21H23F2N3O3. The molecule has 154 valence electrons. The van der Waals surface area contributed by atoms with Crippen LogP contribution in [0.15, 0.2) is 41.4 Å². The summed E-state index contributed by atoms with van der Waals surface area (Å²) in [6.45, 7) is 2.97. The van der Waals surface area contributed by atoms with E-state index < -0.39 is 17.5 Å². The molecule has 1 aliphatic heterocycles. The van der Waals surface area contributed by atoms with Gasteiger partial charge in [-0.15, -0.1) is 0 Å². The summed E-state index contributed by atoms with van der Waals surface area (Å²) in [6.07, 6.45) is 1.84. The summed E-state index contributed by atoms with van der Waals surface area (Å²) in [5, 5.41) is 5.68. The highest BCUT2D eigenvalue weighted by atomic mass is 19.2. The van der Waals surface area contributed by atoms with Crippen molar-refractivity contribution in [3.8, 4) is 5.75 Å². The quantitative estimate of drug-likeness (QED) is 0.590. The number of ether oxygens (including phenoxy) is 2. The van der Waals surface area contributed by atoms with Crippen LogP contribution in [0.4, 0.5) is 14.5 Å². The van der Waals surface area contributed by atoms with E-state index >= 15 is 0 Å². The van der Waals surface area contributed by atoms with E-state index in [4.69, 9.17) is 9.47 Å². The van der Waals surface area contributed by atoms with Gasteiger partial charge in [0, 0.05) is 12.2 Å². The van der Waals surface area contributed by atoms with Gasteiger partial charge in [0.15, 0.2) is 11.6 Å². The van der Waals surface area contributed by atoms with Crippen LogP contribution in [0.2, 0.25) is 0 Å². The lowest BCUT2D eigenvalue weighted by atomic mass is 10.2. The highest BCUT2D eigenvalue weighted by molar-refractivity contribution is 6.10. The van der Waals surface area contributed by atoms with Gasteiger partial charge in [-0.3, -0.25) is 10.1 Å². The van der Waals surface area contributed by atoms with Crippen LogP contribution in [0.1, 0.15) is 28.8 Å². The fraction of sp³-hybridized carbons (Fsp3) is 0.333. The number of nitrogens with one attached hydrogen (secondary N) is 2. The van der Waals surface area contributed by atoms with Crippen molar-refractivity contribution in [2.45, 2.75) is 25.9 Å². The van der Waals surface area contributed by atoms with Gasteiger partial charge < -0.3 is 14.8 Å². The van der Waals surface area contributed by atoms with Crippen molar-refractivity contribution in [3.05, 3.63) is 59.2 Å². The molecule has 2 aromatic carbocycles. The van der Waals surface area contributed by atoms with Gasteiger partial charge in [0.25, 0.3) is 5.91 Å². The molecule has 1 atom stereocenters. The smallest absolute Gasteiger partial charge is 0.258 e. The van der Waals surface area contributed by atoms with Crippen molar-refractivity contribution in [1.82, 2.24) is 5.32 Å². The maximum atomic E-state index is 13.5. The van der Waals surface area contributed by atoms with Gasteiger partial charge in [-0.2, -0.15) is 0 Å². The maximum Gasteiger partial charge on any atom is 0.258 e. The number of hydrogen-bond acceptors (Lipinski definition) is 4. The normalized spacial score (nSPS) is 16.6. The van der Waals surface area contributed by atoms with E-state index in [1.807, 2.05) is 19.1 Å². The largest absolute Gasteiger partial charge is 0.495 e. The number of aryl methyl sites for hydroxylation is 1. The first kappa shape index (κ1) is 20.7. The van der Waals surface area contributed by atoms with Crippen LogP contribution in [-0.2, 0) is 4.74 Å². The van der Waals surface area contributed by atoms with Crippen molar-refractivity contribution in [2.75, 3.05) is 25.6 Å². The Morgan fingerprint density at radius 1 is 1.24 bits per heavy atom. The molecule has 3 rings (SSSR count). The molecular weight excluding hydrogens is 380 g/mol. The van der Waals surface area contributed by atoms with Crippen molar-refractivity contribution in [1.29, 1.82) is 0 Å². The van der Waals surface area contributed by atoms with Crippen LogP contribution < -0.4 is 15.4 Å². The molecule has 0 spiro atoms.